The van der Waals surface area contributed by atoms with Crippen molar-refractivity contribution in [3.8, 4) is 23.0 Å². The largest absolute Gasteiger partial charge is 0.490 e. The number of primary amides is 2. The SMILES string of the molecule is CCOc1cc2ncc(C(N)=O)c(Nc3cccc(CNC(=O)C4NCc5ccccc54)c3CC)c2cc1OCC.CCOc1cc2ncc(C(N)=O)c(Nc3cccc(CNC(=O)[C@H](N)CCC(C)C)c3CC)c2cc1OCC.O=C(O)C(F)(F)F.O=C(O)C(F)(F)F. The van der Waals surface area contributed by atoms with Crippen molar-refractivity contribution in [3.05, 3.63) is 142 Å². The van der Waals surface area contributed by atoms with Gasteiger partial charge in [-0.15, -0.1) is 0 Å². The smallest absolute Gasteiger partial charge is 0.490 e. The molecule has 2 atom stereocenters. The summed E-state index contributed by atoms with van der Waals surface area (Å²) in [5.41, 5.74) is 28.2. The molecule has 5 aromatic carbocycles. The van der Waals surface area contributed by atoms with E-state index in [2.05, 4.69) is 57.3 Å². The molecule has 0 saturated heterocycles. The highest BCUT2D eigenvalue weighted by molar-refractivity contribution is 6.09. The van der Waals surface area contributed by atoms with E-state index in [0.717, 1.165) is 51.2 Å². The zero-order chi connectivity index (χ0) is 69.6. The van der Waals surface area contributed by atoms with E-state index in [1.54, 1.807) is 6.07 Å². The van der Waals surface area contributed by atoms with Gasteiger partial charge in [0.2, 0.25) is 11.8 Å². The third-order valence-corrected chi connectivity index (χ3v) is 14.3. The Morgan fingerprint density at radius 2 is 1.00 bits per heavy atom. The number of nitrogens with two attached hydrogens (primary N) is 3. The van der Waals surface area contributed by atoms with E-state index in [1.165, 1.54) is 12.4 Å². The summed E-state index contributed by atoms with van der Waals surface area (Å²) in [4.78, 5) is 77.3. The summed E-state index contributed by atoms with van der Waals surface area (Å²) in [6.45, 7) is 19.2. The van der Waals surface area contributed by atoms with Crippen LogP contribution in [0.1, 0.15) is 128 Å². The molecule has 3 heterocycles. The number of amides is 4. The van der Waals surface area contributed by atoms with Crippen LogP contribution >= 0.6 is 0 Å². The number of nitrogens with zero attached hydrogens (tertiary/aromatic N) is 2. The van der Waals surface area contributed by atoms with Gasteiger partial charge in [0.05, 0.1) is 66.0 Å². The minimum Gasteiger partial charge on any atom is -0.490 e. The number of fused-ring (bicyclic) bond motifs is 3. The first-order valence-corrected chi connectivity index (χ1v) is 30.1. The number of alkyl halides is 6. The fourth-order valence-corrected chi connectivity index (χ4v) is 9.83. The van der Waals surface area contributed by atoms with Crippen molar-refractivity contribution in [2.75, 3.05) is 37.1 Å². The summed E-state index contributed by atoms with van der Waals surface area (Å²) in [6.07, 6.45) is -4.28. The summed E-state index contributed by atoms with van der Waals surface area (Å²) in [7, 11) is 0. The van der Waals surface area contributed by atoms with Gasteiger partial charge in [-0.25, -0.2) is 9.59 Å². The van der Waals surface area contributed by atoms with Crippen LogP contribution in [0, 0.1) is 5.92 Å². The highest BCUT2D eigenvalue weighted by Crippen LogP contribution is 2.41. The van der Waals surface area contributed by atoms with Crippen LogP contribution in [0.3, 0.4) is 0 Å². The van der Waals surface area contributed by atoms with Crippen molar-refractivity contribution in [1.29, 1.82) is 0 Å². The monoisotopic (exact) mass is 1320 g/mol. The molecule has 0 spiro atoms. The molecule has 13 N–H and O–H groups in total. The second-order valence-electron chi connectivity index (χ2n) is 21.2. The summed E-state index contributed by atoms with van der Waals surface area (Å²) >= 11 is 0. The van der Waals surface area contributed by atoms with E-state index >= 15 is 0 Å². The molecule has 506 valence electrons. The van der Waals surface area contributed by atoms with Gasteiger partial charge in [-0.05, 0) is 117 Å². The Balaban J connectivity index is 0.000000283. The Kier molecular flexibility index (Phi) is 27.5. The summed E-state index contributed by atoms with van der Waals surface area (Å²) in [5.74, 6) is -4.18. The van der Waals surface area contributed by atoms with Crippen molar-refractivity contribution in [1.82, 2.24) is 25.9 Å². The quantitative estimate of drug-likeness (QED) is 0.0238. The Morgan fingerprint density at radius 3 is 1.38 bits per heavy atom. The average Bonchev–Trinajstić information content (AvgIpc) is 0.964. The molecule has 4 amide bonds. The molecule has 1 aliphatic heterocycles. The van der Waals surface area contributed by atoms with Crippen LogP contribution in [0.2, 0.25) is 0 Å². The molecule has 0 saturated carbocycles. The second kappa shape index (κ2) is 34.6. The minimum absolute atomic E-state index is 0.0694. The number of aromatic nitrogens is 2. The first kappa shape index (κ1) is 74.8. The Morgan fingerprint density at radius 1 is 0.596 bits per heavy atom. The van der Waals surface area contributed by atoms with Gasteiger partial charge < -0.3 is 67.6 Å². The van der Waals surface area contributed by atoms with Crippen molar-refractivity contribution in [2.45, 2.75) is 125 Å². The predicted octanol–water partition coefficient (Wildman–Crippen LogP) is 11.0. The summed E-state index contributed by atoms with van der Waals surface area (Å²) in [5, 5.41) is 31.9. The maximum atomic E-state index is 13.1. The number of hydrogen-bond acceptors (Lipinski definition) is 16. The number of halogens is 6. The molecule has 0 aliphatic carbocycles. The number of anilines is 4. The maximum absolute atomic E-state index is 13.1. The fraction of sp³-hybridized carbons (Fsp3) is 0.364. The zero-order valence-electron chi connectivity index (χ0n) is 53.1. The van der Waals surface area contributed by atoms with Crippen molar-refractivity contribution < 1.29 is 84.3 Å². The number of hydrogen-bond donors (Lipinski definition) is 10. The molecule has 7 aromatic rings. The van der Waals surface area contributed by atoms with Crippen LogP contribution in [0.15, 0.2) is 97.3 Å². The van der Waals surface area contributed by atoms with Gasteiger partial charge in [0.15, 0.2) is 23.0 Å². The average molecular weight is 1320 g/mol. The number of aliphatic carboxylic acids is 2. The van der Waals surface area contributed by atoms with E-state index in [4.69, 9.17) is 56.0 Å². The van der Waals surface area contributed by atoms with E-state index in [9.17, 15) is 45.5 Å². The molecule has 94 heavy (non-hydrogen) atoms. The lowest BCUT2D eigenvalue weighted by atomic mass is 10.0. The number of carbonyl (C=O) groups is 6. The molecule has 22 nitrogen and oxygen atoms in total. The first-order valence-electron chi connectivity index (χ1n) is 30.1. The van der Waals surface area contributed by atoms with Gasteiger partial charge in [-0.3, -0.25) is 34.5 Å². The predicted molar refractivity (Wildman–Crippen MR) is 343 cm³/mol. The molecule has 2 aromatic heterocycles. The van der Waals surface area contributed by atoms with Gasteiger partial charge in [0.1, 0.15) is 6.04 Å². The second-order valence-corrected chi connectivity index (χ2v) is 21.2. The van der Waals surface area contributed by atoms with Gasteiger partial charge in [0.25, 0.3) is 11.8 Å². The number of nitrogens with one attached hydrogen (secondary N) is 5. The molecule has 0 bridgehead atoms. The van der Waals surface area contributed by atoms with E-state index < -0.39 is 42.1 Å². The van der Waals surface area contributed by atoms with Crippen LogP contribution in [0.5, 0.6) is 23.0 Å². The summed E-state index contributed by atoms with van der Waals surface area (Å²) < 4.78 is 86.7. The van der Waals surface area contributed by atoms with E-state index in [1.807, 2.05) is 113 Å². The molecule has 1 aliphatic rings. The molecular weight excluding hydrogens is 1240 g/mol. The normalized spacial score (nSPS) is 12.7. The number of pyridine rings is 2. The standard InChI is InChI=1S/C32H35N5O4.C30H41N5O4.2C2HF3O2/c1-4-21-19(17-36-32(39)30-22-12-8-7-10-20(22)16-35-30)11-9-13-25(21)37-29-23-14-27(40-5-2)28(41-6-3)15-26(23)34-18-24(29)31(33)38;1-6-20-19(16-34-30(37)23(31)13-12-18(4)5)10-9-11-24(20)35-28-21-14-26(38-7-2)27(39-8-3)15-25(21)33-17-22(28)29(32)36;2*3-2(4,5)1(6)7/h7-15,18,30,35H,4-6,16-17H2,1-3H3,(H2,33,38)(H,34,37)(H,36,39);9-11,14-15,17-18,23H,6-8,12-13,16,31H2,1-5H3,(H2,32,36)(H,33,35)(H,34,37);2*(H,6,7)/t;23-;;/m.1../s1. The first-order chi connectivity index (χ1) is 44.5. The van der Waals surface area contributed by atoms with Crippen LogP contribution in [-0.4, -0.2) is 101 Å². The molecule has 1 unspecified atom stereocenters. The Labute approximate surface area is 538 Å². The van der Waals surface area contributed by atoms with Crippen molar-refractivity contribution in [3.63, 3.8) is 0 Å². The van der Waals surface area contributed by atoms with E-state index in [-0.39, 0.29) is 29.0 Å². The summed E-state index contributed by atoms with van der Waals surface area (Å²) in [6, 6.07) is 26.0. The number of benzene rings is 5. The lowest BCUT2D eigenvalue weighted by Crippen LogP contribution is -2.40. The molecule has 0 fully saturated rings. The number of carbonyl (C=O) groups excluding carboxylic acids is 4. The molecule has 0 radical (unpaired) electrons. The third kappa shape index (κ3) is 20.3. The Bertz CT molecular complexity index is 3790. The van der Waals surface area contributed by atoms with Crippen molar-refractivity contribution in [2.24, 2.45) is 23.1 Å². The maximum Gasteiger partial charge on any atom is 0.490 e. The van der Waals surface area contributed by atoms with Gasteiger partial charge in [-0.2, -0.15) is 26.3 Å². The number of carboxylic acids is 2. The highest BCUT2D eigenvalue weighted by atomic mass is 19.4. The Hall–Kier alpha value is -9.96. The lowest BCUT2D eigenvalue weighted by Gasteiger charge is -2.20. The number of rotatable bonds is 25. The van der Waals surface area contributed by atoms with Gasteiger partial charge in [-0.1, -0.05) is 76.2 Å². The van der Waals surface area contributed by atoms with Crippen LogP contribution in [0.4, 0.5) is 49.1 Å². The molecule has 8 rings (SSSR count). The lowest BCUT2D eigenvalue weighted by molar-refractivity contribution is -0.193. The van der Waals surface area contributed by atoms with Gasteiger partial charge >= 0.3 is 24.3 Å². The van der Waals surface area contributed by atoms with Crippen LogP contribution in [0.25, 0.3) is 21.8 Å². The zero-order valence-corrected chi connectivity index (χ0v) is 53.1. The van der Waals surface area contributed by atoms with Crippen molar-refractivity contribution >= 4 is 80.1 Å². The minimum atomic E-state index is -5.08. The molecule has 28 heteroatoms. The highest BCUT2D eigenvalue weighted by Gasteiger charge is 2.39. The third-order valence-electron chi connectivity index (χ3n) is 14.3. The van der Waals surface area contributed by atoms with Crippen LogP contribution in [-0.2, 0) is 51.7 Å². The van der Waals surface area contributed by atoms with Gasteiger partial charge in [0, 0.05) is 66.3 Å². The fourth-order valence-electron chi connectivity index (χ4n) is 9.83. The topological polar surface area (TPSA) is 344 Å². The van der Waals surface area contributed by atoms with E-state index in [0.29, 0.717) is 127 Å². The number of carboxylic acid groups (broad SMARTS) is 2. The number of ether oxygens (including phenoxy) is 4. The van der Waals surface area contributed by atoms with Crippen LogP contribution < -0.4 is 62.7 Å². The molecular formula is C66H78F6N10O12.